The maximum atomic E-state index is 9.90. The maximum absolute atomic E-state index is 9.90. The molecule has 0 aromatic rings. The van der Waals surface area contributed by atoms with E-state index in [2.05, 4.69) is 0 Å². The van der Waals surface area contributed by atoms with Crippen LogP contribution < -0.4 is 0 Å². The van der Waals surface area contributed by atoms with E-state index in [1.165, 1.54) is 0 Å². The van der Waals surface area contributed by atoms with Crippen molar-refractivity contribution < 1.29 is 78.6 Å². The van der Waals surface area contributed by atoms with Crippen molar-refractivity contribution in [2.24, 2.45) is 0 Å². The largest absolute Gasteiger partial charge is 0.481 e. The molecule has 0 heterocycles. The predicted molar refractivity (Wildman–Crippen MR) is 58.2 cm³/mol. The van der Waals surface area contributed by atoms with Crippen molar-refractivity contribution in [3.63, 3.8) is 0 Å². The fraction of sp³-hybridized carbons (Fsp3) is 0.600. The van der Waals surface area contributed by atoms with Gasteiger partial charge in [0.05, 0.1) is 12.8 Å². The van der Waals surface area contributed by atoms with Gasteiger partial charge in [0.2, 0.25) is 0 Å². The molecule has 0 aliphatic rings. The molecule has 0 radical (unpaired) electrons. The second-order valence-corrected chi connectivity index (χ2v) is 3.28. The average Bonchev–Trinajstić information content (AvgIpc) is 2.22. The van der Waals surface area contributed by atoms with Crippen LogP contribution in [0.5, 0.6) is 0 Å². The molecule has 0 amide bonds. The zero-order valence-electron chi connectivity index (χ0n) is 11.1. The summed E-state index contributed by atoms with van der Waals surface area (Å²) in [6.07, 6.45) is 0.425. The number of aliphatic carboxylic acids is 4. The molecule has 0 atom stereocenters. The van der Waals surface area contributed by atoms with Crippen molar-refractivity contribution in [2.75, 3.05) is 0 Å². The third-order valence-corrected chi connectivity index (χ3v) is 1.58. The van der Waals surface area contributed by atoms with Crippen LogP contribution in [0.4, 0.5) is 0 Å². The van der Waals surface area contributed by atoms with Gasteiger partial charge in [0.15, 0.2) is 0 Å². The van der Waals surface area contributed by atoms with Crippen LogP contribution in [0.2, 0.25) is 0 Å². The molecule has 0 aliphatic carbocycles. The van der Waals surface area contributed by atoms with Crippen LogP contribution in [0.25, 0.3) is 0 Å². The summed E-state index contributed by atoms with van der Waals surface area (Å²) in [4.78, 5) is 39.1. The van der Waals surface area contributed by atoms with E-state index in [9.17, 15) is 19.2 Å². The molecule has 0 fully saturated rings. The first kappa shape index (κ1) is 27.5. The number of unbranched alkanes of at least 4 members (excludes halogenated alkanes) is 1. The van der Waals surface area contributed by atoms with Gasteiger partial charge in [-0.3, -0.25) is 19.2 Å². The van der Waals surface area contributed by atoms with Gasteiger partial charge in [0.25, 0.3) is 0 Å². The van der Waals surface area contributed by atoms with Crippen LogP contribution >= 0.6 is 0 Å². The summed E-state index contributed by atoms with van der Waals surface area (Å²) < 4.78 is 0. The molecule has 0 spiro atoms. The van der Waals surface area contributed by atoms with E-state index >= 15 is 0 Å². The Bertz CT molecular complexity index is 276. The van der Waals surface area contributed by atoms with E-state index in [1.807, 2.05) is 0 Å². The summed E-state index contributed by atoms with van der Waals surface area (Å²) in [5, 5.41) is 32.1. The Balaban J connectivity index is -0.000000119. The Hall–Kier alpha value is -0.873. The third kappa shape index (κ3) is 36.0. The van der Waals surface area contributed by atoms with Gasteiger partial charge in [-0.25, -0.2) is 0 Å². The molecule has 0 saturated carbocycles. The van der Waals surface area contributed by atoms with Crippen molar-refractivity contribution >= 4 is 23.9 Å². The normalized spacial score (nSPS) is 8.00. The Morgan fingerprint density at radius 3 is 0.850 bits per heavy atom. The second kappa shape index (κ2) is 18.1. The number of hydrogen-bond donors (Lipinski definition) is 4. The maximum Gasteiger partial charge on any atom is 0.303 e. The summed E-state index contributed by atoms with van der Waals surface area (Å²) in [6, 6.07) is 0. The van der Waals surface area contributed by atoms with Crippen LogP contribution in [0, 0.1) is 0 Å². The van der Waals surface area contributed by atoms with Crippen LogP contribution in [0.3, 0.4) is 0 Å². The molecule has 0 bridgehead atoms. The Labute approximate surface area is 141 Å². The van der Waals surface area contributed by atoms with E-state index in [0.29, 0.717) is 12.8 Å². The smallest absolute Gasteiger partial charge is 0.303 e. The van der Waals surface area contributed by atoms with Gasteiger partial charge in [0.1, 0.15) is 0 Å². The first-order valence-electron chi connectivity index (χ1n) is 5.13. The summed E-state index contributed by atoms with van der Waals surface area (Å²) >= 11 is 0. The Kier molecular flexibility index (Phi) is 24.9. The van der Waals surface area contributed by atoms with E-state index in [1.54, 1.807) is 0 Å². The van der Waals surface area contributed by atoms with Crippen molar-refractivity contribution in [3.05, 3.63) is 0 Å². The molecule has 0 saturated heterocycles. The van der Waals surface area contributed by atoms with Gasteiger partial charge in [-0.1, -0.05) is 0 Å². The number of carbonyl (C=O) groups is 4. The number of hydrogen-bond acceptors (Lipinski definition) is 4. The van der Waals surface area contributed by atoms with Crippen molar-refractivity contribution in [1.29, 1.82) is 0 Å². The first-order valence-corrected chi connectivity index (χ1v) is 5.13. The molecule has 0 aromatic carbocycles. The quantitative estimate of drug-likeness (QED) is 0.346. The van der Waals surface area contributed by atoms with Crippen LogP contribution in [-0.4, -0.2) is 44.3 Å². The average molecular weight is 395 g/mol. The van der Waals surface area contributed by atoms with Gasteiger partial charge in [-0.15, -0.1) is 0 Å². The first-order chi connectivity index (χ1) is 8.25. The fourth-order valence-electron chi connectivity index (χ4n) is 0.766. The predicted octanol–water partition coefficient (Wildman–Crippen LogP) is 0.647. The zero-order chi connectivity index (χ0) is 14.6. The Morgan fingerprint density at radius 2 is 0.700 bits per heavy atom. The standard InChI is InChI=1S/C6H10O4.C4H6O4.2Zn/c7-5(8)3-1-2-4-6(9)10;5-3(6)1-2-4(7)8;;/h1-4H2,(H,7,8)(H,9,10);1-2H2,(H,5,6)(H,7,8);;. The monoisotopic (exact) mass is 392 g/mol. The summed E-state index contributed by atoms with van der Waals surface area (Å²) in [5.74, 6) is -3.89. The molecular weight excluding hydrogens is 379 g/mol. The van der Waals surface area contributed by atoms with Gasteiger partial charge in [-0.2, -0.15) is 0 Å². The van der Waals surface area contributed by atoms with Gasteiger partial charge < -0.3 is 20.4 Å². The minimum absolute atomic E-state index is 0. The minimum Gasteiger partial charge on any atom is -0.481 e. The van der Waals surface area contributed by atoms with E-state index in [-0.39, 0.29) is 64.6 Å². The molecule has 0 rings (SSSR count). The second-order valence-electron chi connectivity index (χ2n) is 3.28. The zero-order valence-corrected chi connectivity index (χ0v) is 17.0. The van der Waals surface area contributed by atoms with Crippen LogP contribution in [-0.2, 0) is 58.1 Å². The van der Waals surface area contributed by atoms with Gasteiger partial charge in [0, 0.05) is 51.8 Å². The molecule has 8 nitrogen and oxygen atoms in total. The molecule has 10 heteroatoms. The summed E-state index contributed by atoms with van der Waals surface area (Å²) in [5.41, 5.74) is 0. The fourth-order valence-corrected chi connectivity index (χ4v) is 0.766. The van der Waals surface area contributed by atoms with Crippen molar-refractivity contribution in [2.45, 2.75) is 38.5 Å². The van der Waals surface area contributed by atoms with E-state index < -0.39 is 23.9 Å². The van der Waals surface area contributed by atoms with Crippen LogP contribution in [0.1, 0.15) is 38.5 Å². The topological polar surface area (TPSA) is 149 Å². The number of carboxylic acid groups (broad SMARTS) is 4. The van der Waals surface area contributed by atoms with Gasteiger partial charge in [-0.05, 0) is 12.8 Å². The summed E-state index contributed by atoms with van der Waals surface area (Å²) in [7, 11) is 0. The van der Waals surface area contributed by atoms with Crippen molar-refractivity contribution in [1.82, 2.24) is 0 Å². The molecule has 4 N–H and O–H groups in total. The number of carboxylic acids is 4. The molecule has 108 valence electrons. The molecule has 20 heavy (non-hydrogen) atoms. The SMILES string of the molecule is O=C(O)CCC(=O)O.O=C(O)CCCCC(=O)O.[Zn].[Zn]. The minimum atomic E-state index is -1.08. The molecule has 0 aromatic heterocycles. The number of rotatable bonds is 8. The summed E-state index contributed by atoms with van der Waals surface area (Å²) in [6.45, 7) is 0. The van der Waals surface area contributed by atoms with E-state index in [0.717, 1.165) is 0 Å². The molecule has 0 unspecified atom stereocenters. The molecular formula is C10H16O8Zn2. The third-order valence-electron chi connectivity index (χ3n) is 1.58. The Morgan fingerprint density at radius 1 is 0.500 bits per heavy atom. The molecule has 0 aliphatic heterocycles. The van der Waals surface area contributed by atoms with E-state index in [4.69, 9.17) is 20.4 Å². The van der Waals surface area contributed by atoms with Crippen molar-refractivity contribution in [3.8, 4) is 0 Å². The van der Waals surface area contributed by atoms with Gasteiger partial charge >= 0.3 is 23.9 Å². The van der Waals surface area contributed by atoms with Crippen LogP contribution in [0.15, 0.2) is 0 Å².